The van der Waals surface area contributed by atoms with Gasteiger partial charge >= 0.3 is 0 Å². The van der Waals surface area contributed by atoms with E-state index in [-0.39, 0.29) is 10.8 Å². The summed E-state index contributed by atoms with van der Waals surface area (Å²) in [5, 5.41) is 3.79. The smallest absolute Gasteiger partial charge is 0.255 e. The number of pyridine rings is 1. The second-order valence-electron chi connectivity index (χ2n) is 6.47. The normalized spacial score (nSPS) is 15.1. The van der Waals surface area contributed by atoms with Crippen LogP contribution in [0.2, 0.25) is 0 Å². The predicted molar refractivity (Wildman–Crippen MR) is 104 cm³/mol. The molecule has 0 spiro atoms. The minimum absolute atomic E-state index is 0.216. The van der Waals surface area contributed by atoms with Crippen LogP contribution >= 0.6 is 0 Å². The first-order valence-corrected chi connectivity index (χ1v) is 10.2. The summed E-state index contributed by atoms with van der Waals surface area (Å²) in [4.78, 5) is 17.1. The lowest BCUT2D eigenvalue weighted by atomic mass is 10.1. The monoisotopic (exact) mass is 381 g/mol. The molecule has 2 heterocycles. The van der Waals surface area contributed by atoms with Gasteiger partial charge in [0.15, 0.2) is 0 Å². The maximum atomic E-state index is 12.6. The molecule has 0 radical (unpaired) electrons. The Bertz CT molecular complexity index is 1080. The van der Waals surface area contributed by atoms with Crippen molar-refractivity contribution in [2.45, 2.75) is 17.7 Å². The lowest BCUT2D eigenvalue weighted by Crippen LogP contribution is -2.27. The number of sulfonamides is 1. The molecule has 1 aliphatic heterocycles. The third-order valence-electron chi connectivity index (χ3n) is 4.70. The molecular weight excluding hydrogens is 362 g/mol. The fourth-order valence-corrected chi connectivity index (χ4v) is 4.77. The van der Waals surface area contributed by atoms with Crippen molar-refractivity contribution in [3.8, 4) is 0 Å². The van der Waals surface area contributed by atoms with E-state index in [1.165, 1.54) is 28.6 Å². The Balaban J connectivity index is 1.56. The van der Waals surface area contributed by atoms with Gasteiger partial charge in [-0.3, -0.25) is 9.78 Å². The molecule has 1 aromatic heterocycles. The van der Waals surface area contributed by atoms with Crippen LogP contribution in [0.1, 0.15) is 23.2 Å². The number of nitrogens with one attached hydrogen (secondary N) is 1. The largest absolute Gasteiger partial charge is 0.320 e. The van der Waals surface area contributed by atoms with E-state index in [4.69, 9.17) is 0 Å². The van der Waals surface area contributed by atoms with Gasteiger partial charge in [-0.15, -0.1) is 0 Å². The quantitative estimate of drug-likeness (QED) is 0.752. The molecule has 138 valence electrons. The van der Waals surface area contributed by atoms with Crippen LogP contribution < -0.4 is 5.32 Å². The second kappa shape index (κ2) is 7.09. The summed E-state index contributed by atoms with van der Waals surface area (Å²) in [6.07, 6.45) is 3.45. The molecule has 0 aliphatic carbocycles. The van der Waals surface area contributed by atoms with Crippen molar-refractivity contribution in [3.05, 3.63) is 66.4 Å². The van der Waals surface area contributed by atoms with Gasteiger partial charge in [-0.2, -0.15) is 4.31 Å². The molecule has 6 nitrogen and oxygen atoms in total. The van der Waals surface area contributed by atoms with Crippen LogP contribution in [0.25, 0.3) is 10.9 Å². The number of aromatic nitrogens is 1. The third-order valence-corrected chi connectivity index (χ3v) is 6.61. The van der Waals surface area contributed by atoms with Crippen LogP contribution in [0, 0.1) is 0 Å². The van der Waals surface area contributed by atoms with E-state index in [9.17, 15) is 13.2 Å². The van der Waals surface area contributed by atoms with Crippen LogP contribution in [0.15, 0.2) is 65.7 Å². The average molecular weight is 381 g/mol. The summed E-state index contributed by atoms with van der Waals surface area (Å²) in [5.41, 5.74) is 1.72. The number of anilines is 1. The number of hydrogen-bond acceptors (Lipinski definition) is 4. The van der Waals surface area contributed by atoms with Crippen LogP contribution in [0.3, 0.4) is 0 Å². The summed E-state index contributed by atoms with van der Waals surface area (Å²) < 4.78 is 26.6. The Kier molecular flexibility index (Phi) is 4.63. The zero-order chi connectivity index (χ0) is 18.9. The molecule has 1 N–H and O–H groups in total. The maximum Gasteiger partial charge on any atom is 0.255 e. The van der Waals surface area contributed by atoms with Crippen LogP contribution in [0.4, 0.5) is 5.69 Å². The van der Waals surface area contributed by atoms with Gasteiger partial charge < -0.3 is 5.32 Å². The fourth-order valence-electron chi connectivity index (χ4n) is 3.26. The number of carbonyl (C=O) groups is 1. The van der Waals surface area contributed by atoms with E-state index < -0.39 is 10.0 Å². The molecule has 0 saturated carbocycles. The van der Waals surface area contributed by atoms with Gasteiger partial charge in [0.2, 0.25) is 10.0 Å². The summed E-state index contributed by atoms with van der Waals surface area (Å²) >= 11 is 0. The molecule has 3 aromatic rings. The van der Waals surface area contributed by atoms with Gasteiger partial charge in [0.1, 0.15) is 0 Å². The Hall–Kier alpha value is -2.77. The van der Waals surface area contributed by atoms with Gasteiger partial charge in [-0.1, -0.05) is 18.2 Å². The molecule has 1 fully saturated rings. The number of fused-ring (bicyclic) bond motifs is 1. The maximum absolute atomic E-state index is 12.6. The average Bonchev–Trinajstić information content (AvgIpc) is 3.24. The molecule has 0 bridgehead atoms. The van der Waals surface area contributed by atoms with Crippen molar-refractivity contribution in [3.63, 3.8) is 0 Å². The highest BCUT2D eigenvalue weighted by molar-refractivity contribution is 7.89. The molecule has 0 unspecified atom stereocenters. The zero-order valence-electron chi connectivity index (χ0n) is 14.6. The van der Waals surface area contributed by atoms with Crippen LogP contribution in [-0.4, -0.2) is 36.7 Å². The topological polar surface area (TPSA) is 79.4 Å². The first-order valence-electron chi connectivity index (χ1n) is 8.81. The van der Waals surface area contributed by atoms with Gasteiger partial charge in [0, 0.05) is 30.2 Å². The molecular formula is C20H19N3O3S. The van der Waals surface area contributed by atoms with Gasteiger partial charge in [-0.05, 0) is 49.2 Å². The van der Waals surface area contributed by atoms with Gasteiger partial charge in [0.05, 0.1) is 16.1 Å². The summed E-state index contributed by atoms with van der Waals surface area (Å²) in [6, 6.07) is 15.4. The Morgan fingerprint density at radius 1 is 0.963 bits per heavy atom. The summed E-state index contributed by atoms with van der Waals surface area (Å²) in [6.45, 7) is 1.11. The van der Waals surface area contributed by atoms with Crippen molar-refractivity contribution in [1.29, 1.82) is 0 Å². The number of hydrogen-bond donors (Lipinski definition) is 1. The molecule has 4 rings (SSSR count). The van der Waals surface area contributed by atoms with Crippen molar-refractivity contribution >= 4 is 32.5 Å². The number of para-hydroxylation sites is 1. The van der Waals surface area contributed by atoms with Crippen LogP contribution in [0.5, 0.6) is 0 Å². The molecule has 0 atom stereocenters. The standard InChI is InChI=1S/C20H19N3O3S/c24-20(22-18-7-3-5-15-6-4-12-21-19(15)18)16-8-10-17(11-9-16)27(25,26)23-13-1-2-14-23/h3-12H,1-2,13-14H2,(H,22,24). The minimum Gasteiger partial charge on any atom is -0.320 e. The summed E-state index contributed by atoms with van der Waals surface area (Å²) in [7, 11) is -3.48. The van der Waals surface area contributed by atoms with E-state index in [1.54, 1.807) is 12.3 Å². The lowest BCUT2D eigenvalue weighted by molar-refractivity contribution is 0.102. The SMILES string of the molecule is O=C(Nc1cccc2cccnc12)c1ccc(S(=O)(=O)N2CCCC2)cc1. The number of nitrogens with zero attached hydrogens (tertiary/aromatic N) is 2. The van der Waals surface area contributed by atoms with Crippen molar-refractivity contribution in [1.82, 2.24) is 9.29 Å². The van der Waals surface area contributed by atoms with Crippen molar-refractivity contribution in [2.75, 3.05) is 18.4 Å². The zero-order valence-corrected chi connectivity index (χ0v) is 15.4. The molecule has 1 saturated heterocycles. The predicted octanol–water partition coefficient (Wildman–Crippen LogP) is 3.27. The van der Waals surface area contributed by atoms with E-state index in [1.807, 2.05) is 24.3 Å². The minimum atomic E-state index is -3.48. The number of rotatable bonds is 4. The van der Waals surface area contributed by atoms with Gasteiger partial charge in [0.25, 0.3) is 5.91 Å². The lowest BCUT2D eigenvalue weighted by Gasteiger charge is -2.15. The van der Waals surface area contributed by atoms with E-state index in [0.29, 0.717) is 29.9 Å². The van der Waals surface area contributed by atoms with E-state index in [2.05, 4.69) is 10.3 Å². The molecule has 1 amide bonds. The number of amides is 1. The molecule has 27 heavy (non-hydrogen) atoms. The third kappa shape index (κ3) is 3.43. The molecule has 7 heteroatoms. The molecule has 1 aliphatic rings. The van der Waals surface area contributed by atoms with Crippen molar-refractivity contribution in [2.24, 2.45) is 0 Å². The van der Waals surface area contributed by atoms with E-state index in [0.717, 1.165) is 18.2 Å². The Morgan fingerprint density at radius 3 is 2.41 bits per heavy atom. The first-order chi connectivity index (χ1) is 13.1. The van der Waals surface area contributed by atoms with Crippen molar-refractivity contribution < 1.29 is 13.2 Å². The first kappa shape index (κ1) is 17.6. The highest BCUT2D eigenvalue weighted by Gasteiger charge is 2.27. The van der Waals surface area contributed by atoms with Gasteiger partial charge in [-0.25, -0.2) is 8.42 Å². The fraction of sp³-hybridized carbons (Fsp3) is 0.200. The number of benzene rings is 2. The highest BCUT2D eigenvalue weighted by Crippen LogP contribution is 2.23. The Morgan fingerprint density at radius 2 is 1.67 bits per heavy atom. The van der Waals surface area contributed by atoms with Crippen LogP contribution in [-0.2, 0) is 10.0 Å². The highest BCUT2D eigenvalue weighted by atomic mass is 32.2. The second-order valence-corrected chi connectivity index (χ2v) is 8.41. The number of carbonyl (C=O) groups excluding carboxylic acids is 1. The summed E-state index contributed by atoms with van der Waals surface area (Å²) in [5.74, 6) is -0.307. The molecule has 2 aromatic carbocycles. The van der Waals surface area contributed by atoms with E-state index >= 15 is 0 Å². The Labute approximate surface area is 157 Å².